The molecule has 2 amide bonds. The third kappa shape index (κ3) is 3.71. The fourth-order valence-electron chi connectivity index (χ4n) is 3.61. The van der Waals surface area contributed by atoms with E-state index in [1.54, 1.807) is 0 Å². The van der Waals surface area contributed by atoms with Crippen LogP contribution in [0.5, 0.6) is 0 Å². The Bertz CT molecular complexity index is 886. The van der Waals surface area contributed by atoms with Crippen molar-refractivity contribution in [3.63, 3.8) is 0 Å². The van der Waals surface area contributed by atoms with Crippen molar-refractivity contribution < 1.29 is 14.0 Å². The lowest BCUT2D eigenvalue weighted by atomic mass is 9.84. The molecule has 0 spiro atoms. The number of rotatable bonds is 3. The monoisotopic (exact) mass is 380 g/mol. The lowest BCUT2D eigenvalue weighted by Gasteiger charge is -2.33. The van der Waals surface area contributed by atoms with E-state index in [4.69, 9.17) is 4.42 Å². The van der Waals surface area contributed by atoms with Crippen molar-refractivity contribution in [2.24, 2.45) is 11.3 Å². The van der Waals surface area contributed by atoms with Gasteiger partial charge in [-0.1, -0.05) is 27.2 Å². The molecule has 1 saturated carbocycles. The second-order valence-corrected chi connectivity index (χ2v) is 8.98. The van der Waals surface area contributed by atoms with Gasteiger partial charge in [0.2, 0.25) is 11.8 Å². The SMILES string of the molecule is CC(C)(C)C(=O)Nc1ccc(-c2cc3c(o2)CCN(C(=O)C2CCC2)C3)cc1. The molecule has 5 nitrogen and oxygen atoms in total. The van der Waals surface area contributed by atoms with Crippen molar-refractivity contribution in [2.45, 2.75) is 53.0 Å². The van der Waals surface area contributed by atoms with Crippen LogP contribution in [0.3, 0.4) is 0 Å². The molecule has 1 aromatic heterocycles. The minimum Gasteiger partial charge on any atom is -0.461 e. The number of carbonyl (C=O) groups is 2. The molecule has 1 aromatic carbocycles. The maximum absolute atomic E-state index is 12.5. The molecule has 28 heavy (non-hydrogen) atoms. The van der Waals surface area contributed by atoms with Gasteiger partial charge in [-0.05, 0) is 43.2 Å². The van der Waals surface area contributed by atoms with E-state index in [-0.39, 0.29) is 11.8 Å². The number of benzene rings is 1. The number of carbonyl (C=O) groups excluding carboxylic acids is 2. The average molecular weight is 380 g/mol. The van der Waals surface area contributed by atoms with Gasteiger partial charge in [-0.25, -0.2) is 0 Å². The van der Waals surface area contributed by atoms with Crippen molar-refractivity contribution in [3.8, 4) is 11.3 Å². The maximum Gasteiger partial charge on any atom is 0.229 e. The van der Waals surface area contributed by atoms with Gasteiger partial charge in [0.15, 0.2) is 0 Å². The first-order valence-electron chi connectivity index (χ1n) is 10.1. The summed E-state index contributed by atoms with van der Waals surface area (Å²) in [6.45, 7) is 7.07. The van der Waals surface area contributed by atoms with E-state index in [2.05, 4.69) is 11.4 Å². The normalized spacial score (nSPS) is 17.0. The van der Waals surface area contributed by atoms with Gasteiger partial charge in [-0.15, -0.1) is 0 Å². The number of furan rings is 1. The fourth-order valence-corrected chi connectivity index (χ4v) is 3.61. The van der Waals surface area contributed by atoms with E-state index >= 15 is 0 Å². The Labute approximate surface area is 166 Å². The van der Waals surface area contributed by atoms with Gasteiger partial charge in [-0.2, -0.15) is 0 Å². The minimum atomic E-state index is -0.429. The van der Waals surface area contributed by atoms with Gasteiger partial charge in [0.05, 0.1) is 0 Å². The highest BCUT2D eigenvalue weighted by molar-refractivity contribution is 5.94. The first kappa shape index (κ1) is 18.8. The summed E-state index contributed by atoms with van der Waals surface area (Å²) < 4.78 is 6.07. The molecule has 1 N–H and O–H groups in total. The lowest BCUT2D eigenvalue weighted by Crippen LogP contribution is -2.41. The van der Waals surface area contributed by atoms with Crippen LogP contribution < -0.4 is 5.32 Å². The quantitative estimate of drug-likeness (QED) is 0.845. The van der Waals surface area contributed by atoms with Crippen LogP contribution >= 0.6 is 0 Å². The summed E-state index contributed by atoms with van der Waals surface area (Å²) in [7, 11) is 0. The molecule has 2 aliphatic rings. The van der Waals surface area contributed by atoms with Crippen LogP contribution in [0, 0.1) is 11.3 Å². The highest BCUT2D eigenvalue weighted by Crippen LogP contribution is 2.33. The smallest absolute Gasteiger partial charge is 0.229 e. The van der Waals surface area contributed by atoms with E-state index in [1.165, 1.54) is 6.42 Å². The van der Waals surface area contributed by atoms with E-state index in [0.29, 0.717) is 12.5 Å². The standard InChI is InChI=1S/C23H28N2O3/c1-23(2,3)22(27)24-18-9-7-15(8-10-18)20-13-17-14-25(12-11-19(17)28-20)21(26)16-5-4-6-16/h7-10,13,16H,4-6,11-12,14H2,1-3H3,(H,24,27). The van der Waals surface area contributed by atoms with E-state index in [9.17, 15) is 9.59 Å². The second kappa shape index (κ2) is 7.12. The number of nitrogens with zero attached hydrogens (tertiary/aromatic N) is 1. The summed E-state index contributed by atoms with van der Waals surface area (Å²) in [5.74, 6) is 2.33. The van der Waals surface area contributed by atoms with Gasteiger partial charge in [0.1, 0.15) is 11.5 Å². The van der Waals surface area contributed by atoms with Gasteiger partial charge >= 0.3 is 0 Å². The van der Waals surface area contributed by atoms with Crippen LogP contribution in [-0.4, -0.2) is 23.3 Å². The molecule has 0 atom stereocenters. The van der Waals surface area contributed by atoms with Crippen molar-refractivity contribution in [1.29, 1.82) is 0 Å². The van der Waals surface area contributed by atoms with Crippen LogP contribution in [0.2, 0.25) is 0 Å². The van der Waals surface area contributed by atoms with Crippen molar-refractivity contribution >= 4 is 17.5 Å². The molecule has 2 heterocycles. The van der Waals surface area contributed by atoms with Crippen LogP contribution in [-0.2, 0) is 22.6 Å². The van der Waals surface area contributed by atoms with Crippen molar-refractivity contribution in [2.75, 3.05) is 11.9 Å². The van der Waals surface area contributed by atoms with Crippen molar-refractivity contribution in [3.05, 3.63) is 41.7 Å². The number of nitrogens with one attached hydrogen (secondary N) is 1. The lowest BCUT2D eigenvalue weighted by molar-refractivity contribution is -0.139. The Balaban J connectivity index is 1.45. The maximum atomic E-state index is 12.5. The molecule has 1 fully saturated rings. The Morgan fingerprint density at radius 3 is 2.46 bits per heavy atom. The molecular formula is C23H28N2O3. The highest BCUT2D eigenvalue weighted by atomic mass is 16.3. The summed E-state index contributed by atoms with van der Waals surface area (Å²) in [6, 6.07) is 9.76. The zero-order valence-corrected chi connectivity index (χ0v) is 16.9. The average Bonchev–Trinajstić information content (AvgIpc) is 3.03. The number of hydrogen-bond donors (Lipinski definition) is 1. The molecule has 0 bridgehead atoms. The third-order valence-electron chi connectivity index (χ3n) is 5.74. The van der Waals surface area contributed by atoms with E-state index < -0.39 is 5.41 Å². The predicted octanol–water partition coefficient (Wildman–Crippen LogP) is 4.62. The minimum absolute atomic E-state index is 0.00932. The first-order chi connectivity index (χ1) is 13.3. The summed E-state index contributed by atoms with van der Waals surface area (Å²) in [6.07, 6.45) is 4.03. The summed E-state index contributed by atoms with van der Waals surface area (Å²) in [5.41, 5.74) is 2.43. The molecule has 0 saturated heterocycles. The molecule has 0 unspecified atom stereocenters. The number of hydrogen-bond acceptors (Lipinski definition) is 3. The zero-order valence-electron chi connectivity index (χ0n) is 16.9. The topological polar surface area (TPSA) is 62.6 Å². The molecule has 4 rings (SSSR count). The van der Waals surface area contributed by atoms with Gasteiger partial charge in [-0.3, -0.25) is 9.59 Å². The fraction of sp³-hybridized carbons (Fsp3) is 0.478. The molecule has 0 radical (unpaired) electrons. The van der Waals surface area contributed by atoms with Crippen LogP contribution in [0.4, 0.5) is 5.69 Å². The summed E-state index contributed by atoms with van der Waals surface area (Å²) in [4.78, 5) is 26.6. The Morgan fingerprint density at radius 1 is 1.14 bits per heavy atom. The molecule has 5 heteroatoms. The van der Waals surface area contributed by atoms with Crippen LogP contribution in [0.15, 0.2) is 34.7 Å². The molecule has 1 aliphatic heterocycles. The number of amides is 2. The largest absolute Gasteiger partial charge is 0.461 e. The third-order valence-corrected chi connectivity index (χ3v) is 5.74. The molecular weight excluding hydrogens is 352 g/mol. The Hall–Kier alpha value is -2.56. The molecule has 2 aromatic rings. The highest BCUT2D eigenvalue weighted by Gasteiger charge is 2.32. The second-order valence-electron chi connectivity index (χ2n) is 8.98. The Kier molecular flexibility index (Phi) is 4.77. The van der Waals surface area contributed by atoms with Crippen LogP contribution in [0.25, 0.3) is 11.3 Å². The number of fused-ring (bicyclic) bond motifs is 1. The van der Waals surface area contributed by atoms with Gasteiger partial charge in [0.25, 0.3) is 0 Å². The van der Waals surface area contributed by atoms with Gasteiger partial charge in [0, 0.05) is 47.7 Å². The molecule has 1 aliphatic carbocycles. The van der Waals surface area contributed by atoms with Crippen LogP contribution in [0.1, 0.15) is 51.4 Å². The summed E-state index contributed by atoms with van der Waals surface area (Å²) >= 11 is 0. The summed E-state index contributed by atoms with van der Waals surface area (Å²) in [5, 5.41) is 2.94. The zero-order chi connectivity index (χ0) is 19.9. The van der Waals surface area contributed by atoms with Gasteiger partial charge < -0.3 is 14.6 Å². The van der Waals surface area contributed by atoms with Crippen molar-refractivity contribution in [1.82, 2.24) is 4.90 Å². The number of anilines is 1. The predicted molar refractivity (Wildman–Crippen MR) is 109 cm³/mol. The first-order valence-corrected chi connectivity index (χ1v) is 10.1. The van der Waals surface area contributed by atoms with E-state index in [0.717, 1.165) is 54.1 Å². The Morgan fingerprint density at radius 2 is 1.86 bits per heavy atom. The van der Waals surface area contributed by atoms with E-state index in [1.807, 2.05) is 49.9 Å². The molecule has 148 valence electrons.